The van der Waals surface area contributed by atoms with Gasteiger partial charge in [0.1, 0.15) is 0 Å². The zero-order valence-electron chi connectivity index (χ0n) is 9.84. The third-order valence-corrected chi connectivity index (χ3v) is 7.92. The molecule has 0 aromatic carbocycles. The third kappa shape index (κ3) is 2.58. The third-order valence-electron chi connectivity index (χ3n) is 3.52. The molecule has 84 valence electrons. The van der Waals surface area contributed by atoms with E-state index in [1.54, 1.807) is 0 Å². The molecule has 0 spiro atoms. The summed E-state index contributed by atoms with van der Waals surface area (Å²) < 4.78 is 11.6. The van der Waals surface area contributed by atoms with E-state index in [4.69, 9.17) is 8.85 Å². The van der Waals surface area contributed by atoms with Crippen LogP contribution in [0.4, 0.5) is 0 Å². The van der Waals surface area contributed by atoms with Crippen LogP contribution >= 0.6 is 0 Å². The van der Waals surface area contributed by atoms with Crippen molar-refractivity contribution in [2.75, 3.05) is 14.2 Å². The highest BCUT2D eigenvalue weighted by Gasteiger charge is 2.43. The predicted molar refractivity (Wildman–Crippen MR) is 61.7 cm³/mol. The van der Waals surface area contributed by atoms with Crippen LogP contribution in [0.3, 0.4) is 0 Å². The summed E-state index contributed by atoms with van der Waals surface area (Å²) in [7, 11) is 1.85. The molecule has 0 heterocycles. The molecule has 1 rings (SSSR count). The van der Waals surface area contributed by atoms with Crippen LogP contribution in [-0.4, -0.2) is 22.8 Å². The minimum absolute atomic E-state index is 0.742. The molecule has 0 radical (unpaired) electrons. The van der Waals surface area contributed by atoms with Crippen molar-refractivity contribution in [2.24, 2.45) is 0 Å². The second-order valence-corrected chi connectivity index (χ2v) is 8.06. The first kappa shape index (κ1) is 12.2. The number of hydrogen-bond donors (Lipinski definition) is 0. The van der Waals surface area contributed by atoms with E-state index in [0.717, 1.165) is 11.6 Å². The molecular weight excluding hydrogens is 192 g/mol. The Bertz CT molecular complexity index is 151. The second-order valence-electron chi connectivity index (χ2n) is 4.31. The van der Waals surface area contributed by atoms with Gasteiger partial charge in [0, 0.05) is 19.8 Å². The average molecular weight is 216 g/mol. The van der Waals surface area contributed by atoms with Gasteiger partial charge in [0.2, 0.25) is 0 Å². The largest absolute Gasteiger partial charge is 0.397 e. The molecule has 3 heteroatoms. The van der Waals surface area contributed by atoms with E-state index in [1.165, 1.54) is 38.5 Å². The summed E-state index contributed by atoms with van der Waals surface area (Å²) in [5.41, 5.74) is 0.742. The molecule has 0 amide bonds. The van der Waals surface area contributed by atoms with Gasteiger partial charge in [-0.3, -0.25) is 0 Å². The molecule has 0 aromatic heterocycles. The summed E-state index contributed by atoms with van der Waals surface area (Å²) in [6, 6.07) is 1.16. The van der Waals surface area contributed by atoms with Gasteiger partial charge in [0.15, 0.2) is 0 Å². The zero-order chi connectivity index (χ0) is 10.4. The van der Waals surface area contributed by atoms with Crippen molar-refractivity contribution in [3.05, 3.63) is 0 Å². The van der Waals surface area contributed by atoms with Gasteiger partial charge in [0.05, 0.1) is 0 Å². The lowest BCUT2D eigenvalue weighted by atomic mass is 10.0. The van der Waals surface area contributed by atoms with Gasteiger partial charge >= 0.3 is 8.56 Å². The molecule has 0 atom stereocenters. The van der Waals surface area contributed by atoms with E-state index in [1.807, 2.05) is 14.2 Å². The summed E-state index contributed by atoms with van der Waals surface area (Å²) in [6.07, 6.45) is 7.98. The van der Waals surface area contributed by atoms with Crippen molar-refractivity contribution >= 4 is 8.56 Å². The Morgan fingerprint density at radius 1 is 1.07 bits per heavy atom. The second kappa shape index (κ2) is 5.88. The van der Waals surface area contributed by atoms with Crippen molar-refractivity contribution in [3.8, 4) is 0 Å². The standard InChI is InChI=1S/C11H24O2Si/c1-4-10-14(12-2,13-3)11-8-6-5-7-9-11/h11H,4-10H2,1-3H3. The van der Waals surface area contributed by atoms with Crippen LogP contribution in [0, 0.1) is 0 Å². The van der Waals surface area contributed by atoms with E-state index in [9.17, 15) is 0 Å². The van der Waals surface area contributed by atoms with E-state index in [2.05, 4.69) is 6.92 Å². The number of rotatable bonds is 5. The SMILES string of the molecule is CCC[Si](OC)(OC)C1CCCCC1. The fourth-order valence-corrected chi connectivity index (χ4v) is 6.35. The molecule has 0 aromatic rings. The zero-order valence-corrected chi connectivity index (χ0v) is 10.8. The monoisotopic (exact) mass is 216 g/mol. The van der Waals surface area contributed by atoms with Crippen molar-refractivity contribution in [1.29, 1.82) is 0 Å². The molecule has 0 bridgehead atoms. The molecule has 0 N–H and O–H groups in total. The van der Waals surface area contributed by atoms with Crippen LogP contribution < -0.4 is 0 Å². The van der Waals surface area contributed by atoms with E-state index in [0.29, 0.717) is 0 Å². The lowest BCUT2D eigenvalue weighted by Gasteiger charge is -2.37. The van der Waals surface area contributed by atoms with Crippen LogP contribution in [0.1, 0.15) is 45.4 Å². The predicted octanol–water partition coefficient (Wildman–Crippen LogP) is 3.47. The lowest BCUT2D eigenvalue weighted by molar-refractivity contribution is 0.216. The first-order valence-corrected chi connectivity index (χ1v) is 7.99. The van der Waals surface area contributed by atoms with Crippen LogP contribution in [0.15, 0.2) is 0 Å². The average Bonchev–Trinajstić information content (AvgIpc) is 2.27. The first-order valence-electron chi connectivity index (χ1n) is 5.89. The smallest absolute Gasteiger partial charge is 0.340 e. The van der Waals surface area contributed by atoms with Crippen LogP contribution in [0.2, 0.25) is 11.6 Å². The fraction of sp³-hybridized carbons (Fsp3) is 1.00. The Balaban J connectivity index is 2.62. The van der Waals surface area contributed by atoms with Crippen molar-refractivity contribution in [2.45, 2.75) is 57.0 Å². The molecule has 1 saturated carbocycles. The highest BCUT2D eigenvalue weighted by atomic mass is 28.4. The van der Waals surface area contributed by atoms with E-state index < -0.39 is 8.56 Å². The molecule has 1 aliphatic rings. The van der Waals surface area contributed by atoms with Crippen LogP contribution in [-0.2, 0) is 8.85 Å². The first-order chi connectivity index (χ1) is 6.79. The Morgan fingerprint density at radius 2 is 1.64 bits per heavy atom. The van der Waals surface area contributed by atoms with Crippen molar-refractivity contribution in [1.82, 2.24) is 0 Å². The molecule has 0 unspecified atom stereocenters. The summed E-state index contributed by atoms with van der Waals surface area (Å²) in [4.78, 5) is 0. The topological polar surface area (TPSA) is 18.5 Å². The molecule has 0 aliphatic heterocycles. The Morgan fingerprint density at radius 3 is 2.07 bits per heavy atom. The lowest BCUT2D eigenvalue weighted by Crippen LogP contribution is -2.45. The summed E-state index contributed by atoms with van der Waals surface area (Å²) in [6.45, 7) is 2.22. The minimum atomic E-state index is -1.84. The van der Waals surface area contributed by atoms with E-state index in [-0.39, 0.29) is 0 Å². The van der Waals surface area contributed by atoms with Crippen LogP contribution in [0.5, 0.6) is 0 Å². The Labute approximate surface area is 89.2 Å². The number of hydrogen-bond acceptors (Lipinski definition) is 2. The highest BCUT2D eigenvalue weighted by Crippen LogP contribution is 2.40. The summed E-state index contributed by atoms with van der Waals surface area (Å²) in [5, 5.41) is 0. The Kier molecular flexibility index (Phi) is 5.13. The fourth-order valence-electron chi connectivity index (χ4n) is 2.72. The molecule has 1 aliphatic carbocycles. The van der Waals surface area contributed by atoms with Gasteiger partial charge < -0.3 is 8.85 Å². The molecule has 2 nitrogen and oxygen atoms in total. The van der Waals surface area contributed by atoms with Gasteiger partial charge in [-0.1, -0.05) is 32.6 Å². The Hall–Kier alpha value is 0.137. The quantitative estimate of drug-likeness (QED) is 0.655. The van der Waals surface area contributed by atoms with Gasteiger partial charge in [-0.05, 0) is 18.9 Å². The molecule has 14 heavy (non-hydrogen) atoms. The van der Waals surface area contributed by atoms with Gasteiger partial charge in [-0.15, -0.1) is 0 Å². The summed E-state index contributed by atoms with van der Waals surface area (Å²) in [5.74, 6) is 0. The van der Waals surface area contributed by atoms with Gasteiger partial charge in [-0.2, -0.15) is 0 Å². The highest BCUT2D eigenvalue weighted by molar-refractivity contribution is 6.68. The maximum Gasteiger partial charge on any atom is 0.340 e. The van der Waals surface area contributed by atoms with Crippen LogP contribution in [0.25, 0.3) is 0 Å². The normalized spacial score (nSPS) is 19.9. The maximum atomic E-state index is 5.78. The molecule has 0 saturated heterocycles. The van der Waals surface area contributed by atoms with Gasteiger partial charge in [-0.25, -0.2) is 0 Å². The van der Waals surface area contributed by atoms with E-state index >= 15 is 0 Å². The summed E-state index contributed by atoms with van der Waals surface area (Å²) >= 11 is 0. The molecular formula is C11H24O2Si. The minimum Gasteiger partial charge on any atom is -0.397 e. The molecule has 1 fully saturated rings. The maximum absolute atomic E-state index is 5.78. The van der Waals surface area contributed by atoms with Crippen molar-refractivity contribution in [3.63, 3.8) is 0 Å². The van der Waals surface area contributed by atoms with Gasteiger partial charge in [0.25, 0.3) is 0 Å². The van der Waals surface area contributed by atoms with Crippen molar-refractivity contribution < 1.29 is 8.85 Å².